The van der Waals surface area contributed by atoms with Crippen molar-refractivity contribution in [1.82, 2.24) is 5.32 Å². The maximum Gasteiger partial charge on any atom is 0.282 e. The van der Waals surface area contributed by atoms with Crippen LogP contribution in [0.15, 0.2) is 18.2 Å². The third-order valence-corrected chi connectivity index (χ3v) is 4.00. The van der Waals surface area contributed by atoms with Crippen LogP contribution in [0.5, 0.6) is 0 Å². The molecule has 0 unspecified atom stereocenters. The molecule has 0 aliphatic heterocycles. The van der Waals surface area contributed by atoms with Gasteiger partial charge < -0.3 is 11.1 Å². The molecule has 0 atom stereocenters. The molecule has 1 amide bonds. The van der Waals surface area contributed by atoms with Crippen LogP contribution in [0.1, 0.15) is 41.6 Å². The Morgan fingerprint density at radius 2 is 2.10 bits per heavy atom. The molecule has 1 fully saturated rings. The van der Waals surface area contributed by atoms with E-state index in [-0.39, 0.29) is 11.3 Å². The molecule has 0 heterocycles. The number of hydrogen-bond donors (Lipinski definition) is 2. The van der Waals surface area contributed by atoms with Crippen molar-refractivity contribution in [3.8, 4) is 0 Å². The smallest absolute Gasteiger partial charge is 0.282 e. The lowest BCUT2D eigenvalue weighted by Crippen LogP contribution is -2.51. The Morgan fingerprint density at radius 1 is 1.45 bits per heavy atom. The van der Waals surface area contributed by atoms with E-state index < -0.39 is 16.4 Å². The molecular weight excluding hydrogens is 258 g/mol. The minimum atomic E-state index is -0.522. The summed E-state index contributed by atoms with van der Waals surface area (Å²) in [7, 11) is 0. The third kappa shape index (κ3) is 2.65. The van der Waals surface area contributed by atoms with E-state index in [1.165, 1.54) is 6.07 Å². The number of carbonyl (C=O) groups is 1. The fourth-order valence-electron chi connectivity index (χ4n) is 2.84. The first-order valence-corrected chi connectivity index (χ1v) is 6.76. The number of rotatable bonds is 4. The van der Waals surface area contributed by atoms with E-state index in [1.807, 2.05) is 0 Å². The highest BCUT2D eigenvalue weighted by Crippen LogP contribution is 2.30. The standard InChI is InChI=1S/C14H19N3O3/c1-10-5-4-6-11(17(19)20)12(10)13(18)16-14(9-15)7-2-3-8-14/h4-6H,2-3,7-9,15H2,1H3,(H,16,18). The molecule has 1 aromatic rings. The molecule has 3 N–H and O–H groups in total. The van der Waals surface area contributed by atoms with Gasteiger partial charge in [0.05, 0.1) is 10.5 Å². The fourth-order valence-corrected chi connectivity index (χ4v) is 2.84. The zero-order valence-electron chi connectivity index (χ0n) is 11.5. The average Bonchev–Trinajstić information content (AvgIpc) is 2.87. The van der Waals surface area contributed by atoms with E-state index in [0.29, 0.717) is 12.1 Å². The number of nitrogens with one attached hydrogen (secondary N) is 1. The first-order chi connectivity index (χ1) is 9.49. The molecule has 1 aromatic carbocycles. The van der Waals surface area contributed by atoms with Gasteiger partial charge in [-0.25, -0.2) is 0 Å². The zero-order chi connectivity index (χ0) is 14.8. The van der Waals surface area contributed by atoms with E-state index in [4.69, 9.17) is 5.73 Å². The van der Waals surface area contributed by atoms with Crippen molar-refractivity contribution < 1.29 is 9.72 Å². The van der Waals surface area contributed by atoms with Crippen molar-refractivity contribution in [2.75, 3.05) is 6.54 Å². The minimum Gasteiger partial charge on any atom is -0.345 e. The van der Waals surface area contributed by atoms with Gasteiger partial charge in [-0.05, 0) is 25.3 Å². The van der Waals surface area contributed by atoms with Crippen LogP contribution >= 0.6 is 0 Å². The Morgan fingerprint density at radius 3 is 2.65 bits per heavy atom. The van der Waals surface area contributed by atoms with Crippen LogP contribution in [0.25, 0.3) is 0 Å². The van der Waals surface area contributed by atoms with Crippen LogP contribution in [0.3, 0.4) is 0 Å². The molecule has 0 radical (unpaired) electrons. The van der Waals surface area contributed by atoms with E-state index in [0.717, 1.165) is 25.7 Å². The number of aryl methyl sites for hydroxylation is 1. The lowest BCUT2D eigenvalue weighted by molar-refractivity contribution is -0.385. The number of nitro groups is 1. The summed E-state index contributed by atoms with van der Waals surface area (Å²) in [6.07, 6.45) is 3.70. The number of nitrogens with two attached hydrogens (primary N) is 1. The summed E-state index contributed by atoms with van der Waals surface area (Å²) < 4.78 is 0. The number of carbonyl (C=O) groups excluding carboxylic acids is 1. The van der Waals surface area contributed by atoms with Gasteiger partial charge in [-0.15, -0.1) is 0 Å². The van der Waals surface area contributed by atoms with Gasteiger partial charge in [0.25, 0.3) is 11.6 Å². The first kappa shape index (κ1) is 14.5. The summed E-state index contributed by atoms with van der Waals surface area (Å²) in [6, 6.07) is 4.63. The van der Waals surface area contributed by atoms with Gasteiger partial charge in [0.1, 0.15) is 5.56 Å². The second-order valence-electron chi connectivity index (χ2n) is 5.37. The number of hydrogen-bond acceptors (Lipinski definition) is 4. The largest absolute Gasteiger partial charge is 0.345 e. The number of nitro benzene ring substituents is 1. The molecule has 6 nitrogen and oxygen atoms in total. The molecule has 0 aromatic heterocycles. The highest BCUT2D eigenvalue weighted by molar-refractivity contribution is 6.00. The van der Waals surface area contributed by atoms with Crippen molar-refractivity contribution in [2.45, 2.75) is 38.1 Å². The van der Waals surface area contributed by atoms with Gasteiger partial charge in [0, 0.05) is 12.6 Å². The Balaban J connectivity index is 2.32. The predicted molar refractivity (Wildman–Crippen MR) is 75.6 cm³/mol. The molecular formula is C14H19N3O3. The van der Waals surface area contributed by atoms with E-state index >= 15 is 0 Å². The van der Waals surface area contributed by atoms with Crippen LogP contribution in [-0.2, 0) is 0 Å². The summed E-state index contributed by atoms with van der Waals surface area (Å²) in [5.74, 6) is -0.401. The fraction of sp³-hybridized carbons (Fsp3) is 0.500. The Labute approximate surface area is 117 Å². The molecule has 0 spiro atoms. The predicted octanol–water partition coefficient (Wildman–Crippen LogP) is 1.90. The van der Waals surface area contributed by atoms with Crippen LogP contribution in [0.4, 0.5) is 5.69 Å². The number of amides is 1. The normalized spacial score (nSPS) is 16.9. The number of benzene rings is 1. The summed E-state index contributed by atoms with van der Waals surface area (Å²) in [5.41, 5.74) is 5.95. The molecule has 20 heavy (non-hydrogen) atoms. The van der Waals surface area contributed by atoms with Crippen molar-refractivity contribution in [3.63, 3.8) is 0 Å². The van der Waals surface area contributed by atoms with Gasteiger partial charge >= 0.3 is 0 Å². The van der Waals surface area contributed by atoms with Crippen LogP contribution in [0, 0.1) is 17.0 Å². The highest BCUT2D eigenvalue weighted by atomic mass is 16.6. The van der Waals surface area contributed by atoms with E-state index in [1.54, 1.807) is 19.1 Å². The van der Waals surface area contributed by atoms with Gasteiger partial charge in [-0.3, -0.25) is 14.9 Å². The summed E-state index contributed by atoms with van der Waals surface area (Å²) in [6.45, 7) is 2.06. The van der Waals surface area contributed by atoms with Gasteiger partial charge in [-0.2, -0.15) is 0 Å². The third-order valence-electron chi connectivity index (χ3n) is 4.00. The highest BCUT2D eigenvalue weighted by Gasteiger charge is 2.35. The van der Waals surface area contributed by atoms with Gasteiger partial charge in [0.2, 0.25) is 0 Å². The lowest BCUT2D eigenvalue weighted by atomic mass is 9.96. The van der Waals surface area contributed by atoms with E-state index in [2.05, 4.69) is 5.32 Å². The minimum absolute atomic E-state index is 0.136. The SMILES string of the molecule is Cc1cccc([N+](=O)[O-])c1C(=O)NC1(CN)CCCC1. The Kier molecular flexibility index (Phi) is 4.04. The summed E-state index contributed by atoms with van der Waals surface area (Å²) >= 11 is 0. The monoisotopic (exact) mass is 277 g/mol. The van der Waals surface area contributed by atoms with Crippen LogP contribution < -0.4 is 11.1 Å². The zero-order valence-corrected chi connectivity index (χ0v) is 11.5. The Hall–Kier alpha value is -1.95. The quantitative estimate of drug-likeness (QED) is 0.648. The van der Waals surface area contributed by atoms with Crippen LogP contribution in [0.2, 0.25) is 0 Å². The molecule has 108 valence electrons. The number of nitrogens with zero attached hydrogens (tertiary/aromatic N) is 1. The summed E-state index contributed by atoms with van der Waals surface area (Å²) in [4.78, 5) is 23.0. The molecule has 2 rings (SSSR count). The molecule has 0 saturated heterocycles. The summed E-state index contributed by atoms with van der Waals surface area (Å²) in [5, 5.41) is 14.0. The van der Waals surface area contributed by atoms with Gasteiger partial charge in [0.15, 0.2) is 0 Å². The molecule has 1 saturated carbocycles. The Bertz CT molecular complexity index is 536. The second-order valence-corrected chi connectivity index (χ2v) is 5.37. The maximum atomic E-state index is 12.4. The molecule has 6 heteroatoms. The molecule has 1 aliphatic rings. The maximum absolute atomic E-state index is 12.4. The van der Waals surface area contributed by atoms with E-state index in [9.17, 15) is 14.9 Å². The second kappa shape index (κ2) is 5.58. The van der Waals surface area contributed by atoms with Gasteiger partial charge in [-0.1, -0.05) is 25.0 Å². The molecule has 1 aliphatic carbocycles. The van der Waals surface area contributed by atoms with Crippen LogP contribution in [-0.4, -0.2) is 22.9 Å². The molecule has 0 bridgehead atoms. The van der Waals surface area contributed by atoms with Crippen molar-refractivity contribution in [2.24, 2.45) is 5.73 Å². The van der Waals surface area contributed by atoms with Crippen molar-refractivity contribution in [1.29, 1.82) is 0 Å². The average molecular weight is 277 g/mol. The van der Waals surface area contributed by atoms with Crippen molar-refractivity contribution >= 4 is 11.6 Å². The van der Waals surface area contributed by atoms with Crippen molar-refractivity contribution in [3.05, 3.63) is 39.4 Å². The lowest BCUT2D eigenvalue weighted by Gasteiger charge is -2.28. The first-order valence-electron chi connectivity index (χ1n) is 6.76. The topological polar surface area (TPSA) is 98.3 Å².